The summed E-state index contributed by atoms with van der Waals surface area (Å²) in [5.41, 5.74) is 4.43. The number of carbonyl (C=O) groups is 1. The van der Waals surface area contributed by atoms with E-state index in [1.165, 1.54) is 5.56 Å². The second kappa shape index (κ2) is 8.52. The zero-order valence-electron chi connectivity index (χ0n) is 17.0. The van der Waals surface area contributed by atoms with Gasteiger partial charge in [0.05, 0.1) is 0 Å². The second-order valence-electron chi connectivity index (χ2n) is 7.94. The minimum absolute atomic E-state index is 0.0531. The number of benzene rings is 2. The fourth-order valence-corrected chi connectivity index (χ4v) is 4.32. The Morgan fingerprint density at radius 1 is 1.03 bits per heavy atom. The Morgan fingerprint density at radius 3 is 2.52 bits per heavy atom. The van der Waals surface area contributed by atoms with Crippen molar-refractivity contribution >= 4 is 28.6 Å². The lowest BCUT2D eigenvalue weighted by Gasteiger charge is -2.32. The fourth-order valence-electron chi connectivity index (χ4n) is 4.19. The van der Waals surface area contributed by atoms with Crippen LogP contribution in [0.15, 0.2) is 71.4 Å². The van der Waals surface area contributed by atoms with Crippen LogP contribution < -0.4 is 0 Å². The molecule has 0 N–H and O–H groups in total. The highest BCUT2D eigenvalue weighted by atomic mass is 35.5. The summed E-state index contributed by atoms with van der Waals surface area (Å²) in [5.74, 6) is 1.16. The first kappa shape index (κ1) is 19.8. The van der Waals surface area contributed by atoms with Crippen LogP contribution in [0.25, 0.3) is 11.1 Å². The summed E-state index contributed by atoms with van der Waals surface area (Å²) in [6.07, 6.45) is 6.18. The van der Waals surface area contributed by atoms with Gasteiger partial charge in [-0.3, -0.25) is 9.78 Å². The molecule has 31 heavy (non-hydrogen) atoms. The Morgan fingerprint density at radius 2 is 1.77 bits per heavy atom. The van der Waals surface area contributed by atoms with Gasteiger partial charge in [0.2, 0.25) is 0 Å². The third kappa shape index (κ3) is 4.32. The summed E-state index contributed by atoms with van der Waals surface area (Å²) in [5, 5.41) is 0.703. The minimum atomic E-state index is 0.0531. The average molecular weight is 432 g/mol. The summed E-state index contributed by atoms with van der Waals surface area (Å²) >= 11 is 5.95. The molecule has 1 fully saturated rings. The third-order valence-corrected chi connectivity index (χ3v) is 6.16. The Balaban J connectivity index is 1.28. The highest BCUT2D eigenvalue weighted by molar-refractivity contribution is 6.30. The van der Waals surface area contributed by atoms with Crippen molar-refractivity contribution in [3.8, 4) is 0 Å². The molecule has 0 saturated carbocycles. The first-order valence-electron chi connectivity index (χ1n) is 10.5. The average Bonchev–Trinajstić information content (AvgIpc) is 3.22. The van der Waals surface area contributed by atoms with Crippen molar-refractivity contribution < 1.29 is 9.21 Å². The standard InChI is InChI=1S/C25H22ClN3O2/c26-21-4-1-17(2-5-21)15-24-28-22-16-20(3-6-23(22)31-24)25(30)29-13-9-19(10-14-29)18-7-11-27-12-8-18/h1-8,11-12,16,19H,9-10,13-15H2. The zero-order chi connectivity index (χ0) is 21.2. The van der Waals surface area contributed by atoms with Crippen LogP contribution in [0.1, 0.15) is 46.1 Å². The molecule has 156 valence electrons. The zero-order valence-corrected chi connectivity index (χ0v) is 17.8. The number of amides is 1. The number of nitrogens with zero attached hydrogens (tertiary/aromatic N) is 3. The van der Waals surface area contributed by atoms with E-state index >= 15 is 0 Å². The lowest BCUT2D eigenvalue weighted by atomic mass is 9.90. The van der Waals surface area contributed by atoms with E-state index in [4.69, 9.17) is 16.0 Å². The predicted octanol–water partition coefficient (Wildman–Crippen LogP) is 5.49. The summed E-state index contributed by atoms with van der Waals surface area (Å²) in [4.78, 5) is 23.7. The monoisotopic (exact) mass is 431 g/mol. The van der Waals surface area contributed by atoms with Crippen molar-refractivity contribution in [1.29, 1.82) is 0 Å². The lowest BCUT2D eigenvalue weighted by molar-refractivity contribution is 0.0713. The predicted molar refractivity (Wildman–Crippen MR) is 120 cm³/mol. The molecule has 0 spiro atoms. The van der Waals surface area contributed by atoms with Gasteiger partial charge in [0.1, 0.15) is 5.52 Å². The van der Waals surface area contributed by atoms with E-state index in [2.05, 4.69) is 22.1 Å². The van der Waals surface area contributed by atoms with E-state index in [1.807, 2.05) is 59.8 Å². The number of fused-ring (bicyclic) bond motifs is 1. The first-order chi connectivity index (χ1) is 15.2. The molecule has 6 heteroatoms. The van der Waals surface area contributed by atoms with Crippen LogP contribution in [0, 0.1) is 0 Å². The van der Waals surface area contributed by atoms with Gasteiger partial charge in [0.15, 0.2) is 11.5 Å². The summed E-state index contributed by atoms with van der Waals surface area (Å²) in [6.45, 7) is 1.51. The summed E-state index contributed by atoms with van der Waals surface area (Å²) in [7, 11) is 0. The highest BCUT2D eigenvalue weighted by Crippen LogP contribution is 2.28. The third-order valence-electron chi connectivity index (χ3n) is 5.91. The molecule has 2 aromatic carbocycles. The second-order valence-corrected chi connectivity index (χ2v) is 8.38. The van der Waals surface area contributed by atoms with Gasteiger partial charge < -0.3 is 9.32 Å². The molecule has 0 aliphatic carbocycles. The fraction of sp³-hybridized carbons (Fsp3) is 0.240. The van der Waals surface area contributed by atoms with Gasteiger partial charge in [-0.05, 0) is 72.4 Å². The maximum atomic E-state index is 13.1. The number of pyridine rings is 1. The molecule has 0 unspecified atom stereocenters. The normalized spacial score (nSPS) is 14.8. The van der Waals surface area contributed by atoms with E-state index in [0.717, 1.165) is 31.5 Å². The number of halogens is 1. The van der Waals surface area contributed by atoms with E-state index in [0.29, 0.717) is 39.9 Å². The van der Waals surface area contributed by atoms with Crippen molar-refractivity contribution in [2.45, 2.75) is 25.2 Å². The Hall–Kier alpha value is -3.18. The lowest BCUT2D eigenvalue weighted by Crippen LogP contribution is -2.37. The van der Waals surface area contributed by atoms with Crippen LogP contribution in [-0.2, 0) is 6.42 Å². The molecule has 0 atom stereocenters. The largest absolute Gasteiger partial charge is 0.440 e. The minimum Gasteiger partial charge on any atom is -0.440 e. The molecule has 0 radical (unpaired) electrons. The van der Waals surface area contributed by atoms with Gasteiger partial charge in [-0.25, -0.2) is 4.98 Å². The van der Waals surface area contributed by atoms with E-state index < -0.39 is 0 Å². The Labute approximate surface area is 185 Å². The van der Waals surface area contributed by atoms with Crippen LogP contribution in [0.5, 0.6) is 0 Å². The van der Waals surface area contributed by atoms with E-state index in [9.17, 15) is 4.79 Å². The summed E-state index contributed by atoms with van der Waals surface area (Å²) in [6, 6.07) is 17.3. The topological polar surface area (TPSA) is 59.2 Å². The number of likely N-dealkylation sites (tertiary alicyclic amines) is 1. The van der Waals surface area contributed by atoms with Crippen LogP contribution >= 0.6 is 11.6 Å². The molecule has 2 aromatic heterocycles. The molecule has 0 bridgehead atoms. The maximum absolute atomic E-state index is 13.1. The van der Waals surface area contributed by atoms with Crippen molar-refractivity contribution in [3.63, 3.8) is 0 Å². The molecule has 1 saturated heterocycles. The molecule has 1 aliphatic rings. The number of piperidine rings is 1. The molecule has 4 aromatic rings. The van der Waals surface area contributed by atoms with Crippen LogP contribution in [-0.4, -0.2) is 33.9 Å². The molecule has 5 nitrogen and oxygen atoms in total. The van der Waals surface area contributed by atoms with Crippen LogP contribution in [0.4, 0.5) is 0 Å². The molecular weight excluding hydrogens is 410 g/mol. The van der Waals surface area contributed by atoms with Crippen LogP contribution in [0.3, 0.4) is 0 Å². The quantitative estimate of drug-likeness (QED) is 0.429. The first-order valence-corrected chi connectivity index (χ1v) is 10.9. The maximum Gasteiger partial charge on any atom is 0.253 e. The smallest absolute Gasteiger partial charge is 0.253 e. The Bertz CT molecular complexity index is 1200. The van der Waals surface area contributed by atoms with Gasteiger partial charge in [0.25, 0.3) is 5.91 Å². The van der Waals surface area contributed by atoms with Gasteiger partial charge >= 0.3 is 0 Å². The van der Waals surface area contributed by atoms with Gasteiger partial charge in [-0.2, -0.15) is 0 Å². The van der Waals surface area contributed by atoms with Crippen molar-refractivity contribution in [2.75, 3.05) is 13.1 Å². The number of rotatable bonds is 4. The molecule has 3 heterocycles. The molecule has 5 rings (SSSR count). The summed E-state index contributed by atoms with van der Waals surface area (Å²) < 4.78 is 5.87. The number of carbonyl (C=O) groups excluding carboxylic acids is 1. The SMILES string of the molecule is O=C(c1ccc2oc(Cc3ccc(Cl)cc3)nc2c1)N1CCC(c2ccncc2)CC1. The number of oxazole rings is 1. The number of hydrogen-bond donors (Lipinski definition) is 0. The molecule has 1 amide bonds. The molecular formula is C25H22ClN3O2. The highest BCUT2D eigenvalue weighted by Gasteiger charge is 2.25. The Kier molecular flexibility index (Phi) is 5.43. The van der Waals surface area contributed by atoms with Crippen molar-refractivity contribution in [1.82, 2.24) is 14.9 Å². The number of aromatic nitrogens is 2. The van der Waals surface area contributed by atoms with E-state index in [1.54, 1.807) is 0 Å². The van der Waals surface area contributed by atoms with Crippen molar-refractivity contribution in [2.24, 2.45) is 0 Å². The van der Waals surface area contributed by atoms with Gasteiger partial charge in [0, 0.05) is 42.5 Å². The van der Waals surface area contributed by atoms with Crippen molar-refractivity contribution in [3.05, 3.63) is 94.6 Å². The van der Waals surface area contributed by atoms with Gasteiger partial charge in [-0.1, -0.05) is 23.7 Å². The van der Waals surface area contributed by atoms with Gasteiger partial charge in [-0.15, -0.1) is 0 Å². The number of hydrogen-bond acceptors (Lipinski definition) is 4. The molecule has 1 aliphatic heterocycles. The van der Waals surface area contributed by atoms with Crippen LogP contribution in [0.2, 0.25) is 5.02 Å². The van der Waals surface area contributed by atoms with E-state index in [-0.39, 0.29) is 5.91 Å².